The van der Waals surface area contributed by atoms with E-state index in [2.05, 4.69) is 4.98 Å². The van der Waals surface area contributed by atoms with Crippen LogP contribution in [0.4, 0.5) is 5.69 Å². The Kier molecular flexibility index (Phi) is 3.42. The lowest BCUT2D eigenvalue weighted by Crippen LogP contribution is -2.28. The molecule has 0 spiro atoms. The molecule has 0 aliphatic heterocycles. The lowest BCUT2D eigenvalue weighted by Gasteiger charge is -2.06. The average Bonchev–Trinajstić information content (AvgIpc) is 2.81. The quantitative estimate of drug-likeness (QED) is 0.723. The molecule has 3 rings (SSSR count). The molecule has 22 heavy (non-hydrogen) atoms. The monoisotopic (exact) mass is 297 g/mol. The minimum absolute atomic E-state index is 0.222. The van der Waals surface area contributed by atoms with Gasteiger partial charge in [0.25, 0.3) is 5.91 Å². The standard InChI is InChI=1S/C16H15N3O3/c1-10-2-5-12(6-3-10)22-9-15(20)19-14-7-4-11(17)8-13(14)18-16(19)21/h2-8H,9,17H2,1H3,(H,18,21). The highest BCUT2D eigenvalue weighted by atomic mass is 16.5. The number of aromatic amines is 1. The number of nitrogens with two attached hydrogens (primary N) is 1. The number of H-pyrrole nitrogens is 1. The van der Waals surface area contributed by atoms with E-state index in [1.807, 2.05) is 19.1 Å². The Balaban J connectivity index is 1.84. The number of nitrogens with zero attached hydrogens (tertiary/aromatic N) is 1. The van der Waals surface area contributed by atoms with Crippen LogP contribution in [0.25, 0.3) is 11.0 Å². The number of anilines is 1. The van der Waals surface area contributed by atoms with Crippen LogP contribution in [0.5, 0.6) is 5.75 Å². The molecule has 112 valence electrons. The fraction of sp³-hybridized carbons (Fsp3) is 0.125. The van der Waals surface area contributed by atoms with Gasteiger partial charge in [-0.1, -0.05) is 17.7 Å². The molecule has 0 amide bonds. The molecule has 0 bridgehead atoms. The van der Waals surface area contributed by atoms with Crippen molar-refractivity contribution in [3.05, 3.63) is 58.5 Å². The molecule has 3 aromatic rings. The molecule has 1 aromatic heterocycles. The third kappa shape index (κ3) is 2.58. The van der Waals surface area contributed by atoms with Crippen molar-refractivity contribution in [2.75, 3.05) is 12.3 Å². The van der Waals surface area contributed by atoms with Gasteiger partial charge in [-0.3, -0.25) is 4.79 Å². The van der Waals surface area contributed by atoms with Crippen molar-refractivity contribution in [3.8, 4) is 5.75 Å². The van der Waals surface area contributed by atoms with Gasteiger partial charge in [0.15, 0.2) is 6.61 Å². The van der Waals surface area contributed by atoms with E-state index in [0.717, 1.165) is 10.1 Å². The zero-order valence-corrected chi connectivity index (χ0v) is 12.0. The summed E-state index contributed by atoms with van der Waals surface area (Å²) in [6, 6.07) is 12.2. The maximum absolute atomic E-state index is 12.3. The molecule has 6 heteroatoms. The van der Waals surface area contributed by atoms with E-state index in [4.69, 9.17) is 10.5 Å². The minimum atomic E-state index is -0.502. The fourth-order valence-corrected chi connectivity index (χ4v) is 2.22. The van der Waals surface area contributed by atoms with Gasteiger partial charge in [0.2, 0.25) is 0 Å². The third-order valence-corrected chi connectivity index (χ3v) is 3.34. The number of aromatic nitrogens is 2. The number of carbonyl (C=O) groups is 1. The van der Waals surface area contributed by atoms with Gasteiger partial charge in [0.1, 0.15) is 5.75 Å². The van der Waals surface area contributed by atoms with Crippen molar-refractivity contribution >= 4 is 22.6 Å². The van der Waals surface area contributed by atoms with Crippen LogP contribution in [0.15, 0.2) is 47.3 Å². The zero-order valence-electron chi connectivity index (χ0n) is 12.0. The first-order chi connectivity index (χ1) is 10.5. The second-order valence-electron chi connectivity index (χ2n) is 5.04. The number of fused-ring (bicyclic) bond motifs is 1. The fourth-order valence-electron chi connectivity index (χ4n) is 2.22. The first kappa shape index (κ1) is 13.9. The number of aryl methyl sites for hydroxylation is 1. The second-order valence-corrected chi connectivity index (χ2v) is 5.04. The summed E-state index contributed by atoms with van der Waals surface area (Å²) in [4.78, 5) is 26.8. The molecule has 0 atom stereocenters. The van der Waals surface area contributed by atoms with Crippen molar-refractivity contribution in [2.24, 2.45) is 0 Å². The number of rotatable bonds is 3. The minimum Gasteiger partial charge on any atom is -0.484 e. The molecule has 0 saturated carbocycles. The largest absolute Gasteiger partial charge is 0.484 e. The van der Waals surface area contributed by atoms with Gasteiger partial charge in [-0.05, 0) is 37.3 Å². The Morgan fingerprint density at radius 3 is 2.68 bits per heavy atom. The number of ether oxygens (including phenoxy) is 1. The molecule has 0 radical (unpaired) electrons. The average molecular weight is 297 g/mol. The lowest BCUT2D eigenvalue weighted by molar-refractivity contribution is 0.0839. The van der Waals surface area contributed by atoms with Crippen molar-refractivity contribution < 1.29 is 9.53 Å². The Morgan fingerprint density at radius 2 is 1.95 bits per heavy atom. The number of hydrogen-bond acceptors (Lipinski definition) is 4. The van der Waals surface area contributed by atoms with Crippen molar-refractivity contribution in [3.63, 3.8) is 0 Å². The molecule has 6 nitrogen and oxygen atoms in total. The Morgan fingerprint density at radius 1 is 1.23 bits per heavy atom. The topological polar surface area (TPSA) is 90.1 Å². The van der Waals surface area contributed by atoms with Gasteiger partial charge in [0, 0.05) is 5.69 Å². The normalized spacial score (nSPS) is 10.8. The lowest BCUT2D eigenvalue weighted by atomic mass is 10.2. The molecule has 1 heterocycles. The van der Waals surface area contributed by atoms with Gasteiger partial charge >= 0.3 is 5.69 Å². The maximum atomic E-state index is 12.3. The number of carbonyl (C=O) groups excluding carboxylic acids is 1. The highest BCUT2D eigenvalue weighted by molar-refractivity contribution is 5.91. The van der Waals surface area contributed by atoms with Gasteiger partial charge in [0.05, 0.1) is 11.0 Å². The first-order valence-electron chi connectivity index (χ1n) is 6.77. The van der Waals surface area contributed by atoms with Crippen LogP contribution in [0.1, 0.15) is 10.4 Å². The van der Waals surface area contributed by atoms with E-state index < -0.39 is 11.6 Å². The Hall–Kier alpha value is -3.02. The van der Waals surface area contributed by atoms with Crippen LogP contribution >= 0.6 is 0 Å². The van der Waals surface area contributed by atoms with Crippen LogP contribution in [0.2, 0.25) is 0 Å². The summed E-state index contributed by atoms with van der Waals surface area (Å²) < 4.78 is 6.48. The smallest absolute Gasteiger partial charge is 0.333 e. The van der Waals surface area contributed by atoms with Crippen LogP contribution in [-0.4, -0.2) is 22.1 Å². The molecular weight excluding hydrogens is 282 g/mol. The summed E-state index contributed by atoms with van der Waals surface area (Å²) in [5.41, 5.74) is 7.79. The van der Waals surface area contributed by atoms with Crippen LogP contribution in [-0.2, 0) is 0 Å². The number of nitrogens with one attached hydrogen (secondary N) is 1. The van der Waals surface area contributed by atoms with Crippen molar-refractivity contribution in [1.82, 2.24) is 9.55 Å². The van der Waals surface area contributed by atoms with Gasteiger partial charge < -0.3 is 15.5 Å². The van der Waals surface area contributed by atoms with E-state index in [0.29, 0.717) is 22.5 Å². The zero-order chi connectivity index (χ0) is 15.7. The number of nitrogen functional groups attached to an aromatic ring is 1. The molecule has 0 aliphatic rings. The molecule has 2 aromatic carbocycles. The maximum Gasteiger partial charge on any atom is 0.333 e. The van der Waals surface area contributed by atoms with E-state index in [9.17, 15) is 9.59 Å². The predicted octanol–water partition coefficient (Wildman–Crippen LogP) is 1.94. The predicted molar refractivity (Wildman–Crippen MR) is 84.3 cm³/mol. The molecule has 3 N–H and O–H groups in total. The van der Waals surface area contributed by atoms with Gasteiger partial charge in [-0.15, -0.1) is 0 Å². The van der Waals surface area contributed by atoms with Crippen molar-refractivity contribution in [1.29, 1.82) is 0 Å². The van der Waals surface area contributed by atoms with Gasteiger partial charge in [-0.25, -0.2) is 9.36 Å². The summed E-state index contributed by atoms with van der Waals surface area (Å²) >= 11 is 0. The second kappa shape index (κ2) is 5.40. The summed E-state index contributed by atoms with van der Waals surface area (Å²) in [6.07, 6.45) is 0. The van der Waals surface area contributed by atoms with E-state index in [-0.39, 0.29) is 6.61 Å². The third-order valence-electron chi connectivity index (χ3n) is 3.34. The molecule has 0 fully saturated rings. The molecule has 0 saturated heterocycles. The number of hydrogen-bond donors (Lipinski definition) is 2. The van der Waals surface area contributed by atoms with E-state index >= 15 is 0 Å². The van der Waals surface area contributed by atoms with Crippen molar-refractivity contribution in [2.45, 2.75) is 6.92 Å². The summed E-state index contributed by atoms with van der Waals surface area (Å²) in [5, 5.41) is 0. The first-order valence-corrected chi connectivity index (χ1v) is 6.77. The molecular formula is C16H15N3O3. The summed E-state index contributed by atoms with van der Waals surface area (Å²) in [5.74, 6) is 0.137. The Labute approximate surface area is 126 Å². The van der Waals surface area contributed by atoms with Crippen LogP contribution < -0.4 is 16.2 Å². The highest BCUT2D eigenvalue weighted by Crippen LogP contribution is 2.15. The van der Waals surface area contributed by atoms with Crippen LogP contribution in [0.3, 0.4) is 0 Å². The highest BCUT2D eigenvalue weighted by Gasteiger charge is 2.14. The number of benzene rings is 2. The number of imidazole rings is 1. The SMILES string of the molecule is Cc1ccc(OCC(=O)n2c(=O)[nH]c3cc(N)ccc32)cc1. The van der Waals surface area contributed by atoms with E-state index in [1.165, 1.54) is 0 Å². The summed E-state index contributed by atoms with van der Waals surface area (Å²) in [7, 11) is 0. The molecule has 0 aliphatic carbocycles. The van der Waals surface area contributed by atoms with E-state index in [1.54, 1.807) is 30.3 Å². The summed E-state index contributed by atoms with van der Waals surface area (Å²) in [6.45, 7) is 1.74. The van der Waals surface area contributed by atoms with Crippen LogP contribution in [0, 0.1) is 6.92 Å². The molecule has 0 unspecified atom stereocenters. The Bertz CT molecular complexity index is 891. The van der Waals surface area contributed by atoms with Gasteiger partial charge in [-0.2, -0.15) is 0 Å².